The number of aliphatic carboxylic acids is 1. The third kappa shape index (κ3) is 4.13. The second-order valence-electron chi connectivity index (χ2n) is 4.57. The van der Waals surface area contributed by atoms with Gasteiger partial charge in [0.05, 0.1) is 0 Å². The lowest BCUT2D eigenvalue weighted by molar-refractivity contribution is -0.140. The maximum atomic E-state index is 11.8. The van der Waals surface area contributed by atoms with Gasteiger partial charge in [0.2, 0.25) is 0 Å². The summed E-state index contributed by atoms with van der Waals surface area (Å²) < 4.78 is 0. The first-order valence-corrected chi connectivity index (χ1v) is 6.26. The largest absolute Gasteiger partial charge is 0.480 e. The maximum absolute atomic E-state index is 11.8. The molecule has 2 amide bonds. The number of carboxylic acids is 1. The van der Waals surface area contributed by atoms with E-state index in [4.69, 9.17) is 16.7 Å². The summed E-state index contributed by atoms with van der Waals surface area (Å²) in [4.78, 5) is 22.8. The lowest BCUT2D eigenvalue weighted by atomic mass is 10.1. The summed E-state index contributed by atoms with van der Waals surface area (Å²) in [7, 11) is 0. The molecule has 0 aromatic heterocycles. The van der Waals surface area contributed by atoms with Crippen molar-refractivity contribution in [2.24, 2.45) is 5.92 Å². The molecule has 1 aromatic rings. The standard InChI is InChI=1S/C13H17ClN2O3/c1-7(2)11(12(17)18)16-13(19)15-10-6-4-5-9(14)8(10)3/h4-7,11H,1-3H3,(H,17,18)(H2,15,16,19). The van der Waals surface area contributed by atoms with Crippen LogP contribution in [-0.2, 0) is 4.79 Å². The fourth-order valence-corrected chi connectivity index (χ4v) is 1.73. The van der Waals surface area contributed by atoms with Crippen LogP contribution in [0.3, 0.4) is 0 Å². The number of carboxylic acid groups (broad SMARTS) is 1. The first-order chi connectivity index (χ1) is 8.82. The van der Waals surface area contributed by atoms with Crippen molar-refractivity contribution < 1.29 is 14.7 Å². The molecular weight excluding hydrogens is 268 g/mol. The Morgan fingerprint density at radius 1 is 1.32 bits per heavy atom. The molecule has 1 unspecified atom stereocenters. The number of benzene rings is 1. The monoisotopic (exact) mass is 284 g/mol. The SMILES string of the molecule is Cc1c(Cl)cccc1NC(=O)NC(C(=O)O)C(C)C. The Bertz CT molecular complexity index is 489. The number of urea groups is 1. The van der Waals surface area contributed by atoms with Crippen LogP contribution in [-0.4, -0.2) is 23.1 Å². The van der Waals surface area contributed by atoms with Crippen LogP contribution in [0.15, 0.2) is 18.2 Å². The van der Waals surface area contributed by atoms with E-state index in [0.717, 1.165) is 5.56 Å². The van der Waals surface area contributed by atoms with Crippen LogP contribution < -0.4 is 10.6 Å². The molecule has 104 valence electrons. The van der Waals surface area contributed by atoms with E-state index in [2.05, 4.69) is 10.6 Å². The zero-order valence-corrected chi connectivity index (χ0v) is 11.8. The van der Waals surface area contributed by atoms with E-state index in [1.807, 2.05) is 0 Å². The van der Waals surface area contributed by atoms with Crippen molar-refractivity contribution in [2.45, 2.75) is 26.8 Å². The number of hydrogen-bond donors (Lipinski definition) is 3. The summed E-state index contributed by atoms with van der Waals surface area (Å²) in [5.41, 5.74) is 1.29. The molecule has 0 fully saturated rings. The third-order valence-electron chi connectivity index (χ3n) is 2.74. The number of halogens is 1. The smallest absolute Gasteiger partial charge is 0.326 e. The molecular formula is C13H17ClN2O3. The molecule has 1 atom stereocenters. The van der Waals surface area contributed by atoms with Gasteiger partial charge >= 0.3 is 12.0 Å². The number of amides is 2. The average molecular weight is 285 g/mol. The van der Waals surface area contributed by atoms with Gasteiger partial charge in [0.1, 0.15) is 6.04 Å². The van der Waals surface area contributed by atoms with Gasteiger partial charge in [0, 0.05) is 10.7 Å². The van der Waals surface area contributed by atoms with Gasteiger partial charge in [0.15, 0.2) is 0 Å². The molecule has 0 saturated heterocycles. The summed E-state index contributed by atoms with van der Waals surface area (Å²) >= 11 is 5.94. The number of nitrogens with one attached hydrogen (secondary N) is 2. The minimum absolute atomic E-state index is 0.205. The highest BCUT2D eigenvalue weighted by atomic mass is 35.5. The Labute approximate surface area is 117 Å². The molecule has 0 heterocycles. The van der Waals surface area contributed by atoms with Crippen LogP contribution in [0.4, 0.5) is 10.5 Å². The van der Waals surface area contributed by atoms with E-state index >= 15 is 0 Å². The molecule has 0 radical (unpaired) electrons. The average Bonchev–Trinajstić information content (AvgIpc) is 2.31. The Hall–Kier alpha value is -1.75. The number of anilines is 1. The lowest BCUT2D eigenvalue weighted by Gasteiger charge is -2.18. The highest BCUT2D eigenvalue weighted by molar-refractivity contribution is 6.31. The molecule has 0 bridgehead atoms. The van der Waals surface area contributed by atoms with Crippen LogP contribution in [0, 0.1) is 12.8 Å². The Morgan fingerprint density at radius 3 is 2.47 bits per heavy atom. The minimum Gasteiger partial charge on any atom is -0.480 e. The van der Waals surface area contributed by atoms with Crippen LogP contribution in [0.1, 0.15) is 19.4 Å². The van der Waals surface area contributed by atoms with Gasteiger partial charge in [-0.15, -0.1) is 0 Å². The second-order valence-corrected chi connectivity index (χ2v) is 4.98. The highest BCUT2D eigenvalue weighted by Crippen LogP contribution is 2.22. The van der Waals surface area contributed by atoms with Gasteiger partial charge in [0.25, 0.3) is 0 Å². The van der Waals surface area contributed by atoms with Gasteiger partial charge in [-0.3, -0.25) is 0 Å². The van der Waals surface area contributed by atoms with Gasteiger partial charge in [-0.2, -0.15) is 0 Å². The minimum atomic E-state index is -1.06. The van der Waals surface area contributed by atoms with Crippen LogP contribution in [0.25, 0.3) is 0 Å². The van der Waals surface area contributed by atoms with E-state index in [-0.39, 0.29) is 5.92 Å². The number of carbonyl (C=O) groups excluding carboxylic acids is 1. The van der Waals surface area contributed by atoms with Crippen molar-refractivity contribution in [3.05, 3.63) is 28.8 Å². The van der Waals surface area contributed by atoms with E-state index in [1.165, 1.54) is 0 Å². The quantitative estimate of drug-likeness (QED) is 0.795. The summed E-state index contributed by atoms with van der Waals surface area (Å²) in [6, 6.07) is 3.63. The molecule has 0 aliphatic rings. The fourth-order valence-electron chi connectivity index (χ4n) is 1.56. The van der Waals surface area contributed by atoms with Crippen molar-refractivity contribution in [3.8, 4) is 0 Å². The number of carbonyl (C=O) groups is 2. The Balaban J connectivity index is 2.75. The van der Waals surface area contributed by atoms with Crippen molar-refractivity contribution in [3.63, 3.8) is 0 Å². The highest BCUT2D eigenvalue weighted by Gasteiger charge is 2.23. The van der Waals surface area contributed by atoms with Gasteiger partial charge in [-0.25, -0.2) is 9.59 Å². The van der Waals surface area contributed by atoms with E-state index in [0.29, 0.717) is 10.7 Å². The van der Waals surface area contributed by atoms with Crippen LogP contribution >= 0.6 is 11.6 Å². The molecule has 19 heavy (non-hydrogen) atoms. The van der Waals surface area contributed by atoms with E-state index in [9.17, 15) is 9.59 Å². The van der Waals surface area contributed by atoms with Gasteiger partial charge < -0.3 is 15.7 Å². The van der Waals surface area contributed by atoms with Crippen molar-refractivity contribution in [1.82, 2.24) is 5.32 Å². The van der Waals surface area contributed by atoms with Crippen molar-refractivity contribution in [2.75, 3.05) is 5.32 Å². The van der Waals surface area contributed by atoms with E-state index in [1.54, 1.807) is 39.0 Å². The summed E-state index contributed by atoms with van der Waals surface area (Å²) in [6.07, 6.45) is 0. The molecule has 0 spiro atoms. The lowest BCUT2D eigenvalue weighted by Crippen LogP contribution is -2.46. The molecule has 1 aromatic carbocycles. The maximum Gasteiger partial charge on any atom is 0.326 e. The van der Waals surface area contributed by atoms with Gasteiger partial charge in [-0.1, -0.05) is 31.5 Å². The molecule has 0 aliphatic heterocycles. The number of hydrogen-bond acceptors (Lipinski definition) is 2. The van der Waals surface area contributed by atoms with Crippen molar-refractivity contribution in [1.29, 1.82) is 0 Å². The molecule has 5 nitrogen and oxygen atoms in total. The normalized spacial score (nSPS) is 12.1. The van der Waals surface area contributed by atoms with Crippen LogP contribution in [0.5, 0.6) is 0 Å². The number of rotatable bonds is 4. The fraction of sp³-hybridized carbons (Fsp3) is 0.385. The Morgan fingerprint density at radius 2 is 1.95 bits per heavy atom. The second kappa shape index (κ2) is 6.43. The predicted octanol–water partition coefficient (Wildman–Crippen LogP) is 2.88. The summed E-state index contributed by atoms with van der Waals surface area (Å²) in [5, 5.41) is 14.5. The molecule has 0 saturated carbocycles. The van der Waals surface area contributed by atoms with Crippen molar-refractivity contribution >= 4 is 29.3 Å². The zero-order chi connectivity index (χ0) is 14.6. The predicted molar refractivity (Wildman–Crippen MR) is 74.6 cm³/mol. The summed E-state index contributed by atoms with van der Waals surface area (Å²) in [5.74, 6) is -1.27. The van der Waals surface area contributed by atoms with Gasteiger partial charge in [-0.05, 0) is 30.5 Å². The first-order valence-electron chi connectivity index (χ1n) is 5.88. The summed E-state index contributed by atoms with van der Waals surface area (Å²) in [6.45, 7) is 5.22. The van der Waals surface area contributed by atoms with Crippen LogP contribution in [0.2, 0.25) is 5.02 Å². The first kappa shape index (κ1) is 15.3. The molecule has 6 heteroatoms. The third-order valence-corrected chi connectivity index (χ3v) is 3.14. The molecule has 3 N–H and O–H groups in total. The zero-order valence-electron chi connectivity index (χ0n) is 11.0. The topological polar surface area (TPSA) is 78.4 Å². The molecule has 1 rings (SSSR count). The Kier molecular flexibility index (Phi) is 5.18. The van der Waals surface area contributed by atoms with E-state index < -0.39 is 18.0 Å². The molecule has 0 aliphatic carbocycles.